The topological polar surface area (TPSA) is 51.2 Å². The van der Waals surface area contributed by atoms with E-state index in [1.165, 1.54) is 7.11 Å². The van der Waals surface area contributed by atoms with E-state index in [0.29, 0.717) is 0 Å². The minimum absolute atomic E-state index is 0.147. The minimum Gasteiger partial charge on any atom is -0.468 e. The number of aromatic nitrogens is 1. The number of pyridine rings is 1. The highest BCUT2D eigenvalue weighted by Crippen LogP contribution is 2.20. The van der Waals surface area contributed by atoms with Crippen LogP contribution >= 0.6 is 0 Å². The number of ether oxygens (including phenoxy) is 1. The highest BCUT2D eigenvalue weighted by molar-refractivity contribution is 5.75. The molecule has 0 saturated heterocycles. The predicted molar refractivity (Wildman–Crippen MR) is 77.1 cm³/mol. The third kappa shape index (κ3) is 3.42. The fraction of sp³-hybridized carbons (Fsp3) is 0.250. The van der Waals surface area contributed by atoms with Crippen LogP contribution in [0.4, 0.5) is 0 Å². The second-order valence-corrected chi connectivity index (χ2v) is 4.51. The average molecular weight is 270 g/mol. The van der Waals surface area contributed by atoms with Crippen molar-refractivity contribution in [1.29, 1.82) is 0 Å². The standard InChI is InChI=1S/C16H18N2O2/c1-12(16(19)20-2)18-15(13-8-4-3-5-9-13)14-10-6-7-11-17-14/h3-12,15,18H,1-2H3/t12-,15?/m0/s1. The number of rotatable bonds is 5. The summed E-state index contributed by atoms with van der Waals surface area (Å²) in [4.78, 5) is 16.0. The Labute approximate surface area is 118 Å². The van der Waals surface area contributed by atoms with E-state index in [2.05, 4.69) is 10.3 Å². The smallest absolute Gasteiger partial charge is 0.322 e. The van der Waals surface area contributed by atoms with Gasteiger partial charge in [-0.2, -0.15) is 0 Å². The van der Waals surface area contributed by atoms with Crippen molar-refractivity contribution in [2.45, 2.75) is 19.0 Å². The molecule has 1 aromatic heterocycles. The number of benzene rings is 1. The first kappa shape index (κ1) is 14.2. The maximum absolute atomic E-state index is 11.6. The van der Waals surface area contributed by atoms with Crippen LogP contribution in [0.1, 0.15) is 24.2 Å². The zero-order valence-electron chi connectivity index (χ0n) is 11.6. The van der Waals surface area contributed by atoms with Crippen LogP contribution in [-0.2, 0) is 9.53 Å². The quantitative estimate of drug-likeness (QED) is 0.847. The van der Waals surface area contributed by atoms with Gasteiger partial charge >= 0.3 is 5.97 Å². The molecule has 0 saturated carbocycles. The van der Waals surface area contributed by atoms with Crippen LogP contribution in [0, 0.1) is 0 Å². The van der Waals surface area contributed by atoms with E-state index < -0.39 is 6.04 Å². The highest BCUT2D eigenvalue weighted by Gasteiger charge is 2.21. The molecule has 2 rings (SSSR count). The van der Waals surface area contributed by atoms with Gasteiger partial charge in [0.25, 0.3) is 0 Å². The van der Waals surface area contributed by atoms with Crippen molar-refractivity contribution >= 4 is 5.97 Å². The van der Waals surface area contributed by atoms with Gasteiger partial charge in [-0.1, -0.05) is 36.4 Å². The molecule has 0 aliphatic heterocycles. The Morgan fingerprint density at radius 2 is 1.85 bits per heavy atom. The SMILES string of the molecule is COC(=O)[C@H](C)NC(c1ccccc1)c1ccccn1. The van der Waals surface area contributed by atoms with Crippen LogP contribution in [0.5, 0.6) is 0 Å². The number of hydrogen-bond acceptors (Lipinski definition) is 4. The number of nitrogens with zero attached hydrogens (tertiary/aromatic N) is 1. The fourth-order valence-corrected chi connectivity index (χ4v) is 2.04. The zero-order chi connectivity index (χ0) is 14.4. The van der Waals surface area contributed by atoms with Gasteiger partial charge in [0.15, 0.2) is 0 Å². The number of carbonyl (C=O) groups excluding carboxylic acids is 1. The van der Waals surface area contributed by atoms with Crippen LogP contribution in [0.15, 0.2) is 54.7 Å². The van der Waals surface area contributed by atoms with Crippen LogP contribution in [0.25, 0.3) is 0 Å². The van der Waals surface area contributed by atoms with Crippen molar-refractivity contribution in [2.24, 2.45) is 0 Å². The predicted octanol–water partition coefficient (Wildman–Crippen LogP) is 2.32. The van der Waals surface area contributed by atoms with Crippen molar-refractivity contribution in [3.05, 3.63) is 66.0 Å². The third-order valence-electron chi connectivity index (χ3n) is 3.09. The van der Waals surface area contributed by atoms with Crippen LogP contribution in [-0.4, -0.2) is 24.1 Å². The lowest BCUT2D eigenvalue weighted by atomic mass is 10.0. The van der Waals surface area contributed by atoms with Gasteiger partial charge < -0.3 is 4.74 Å². The molecule has 0 aliphatic carbocycles. The molecule has 20 heavy (non-hydrogen) atoms. The number of hydrogen-bond donors (Lipinski definition) is 1. The van der Waals surface area contributed by atoms with Crippen LogP contribution < -0.4 is 5.32 Å². The van der Waals surface area contributed by atoms with Gasteiger partial charge in [-0.15, -0.1) is 0 Å². The Kier molecular flexibility index (Phi) is 4.85. The van der Waals surface area contributed by atoms with Gasteiger partial charge in [0.1, 0.15) is 6.04 Å². The number of carbonyl (C=O) groups is 1. The lowest BCUT2D eigenvalue weighted by Gasteiger charge is -2.22. The maximum atomic E-state index is 11.6. The monoisotopic (exact) mass is 270 g/mol. The van der Waals surface area contributed by atoms with Gasteiger partial charge in [-0.25, -0.2) is 0 Å². The Morgan fingerprint density at radius 3 is 2.45 bits per heavy atom. The molecule has 1 heterocycles. The van der Waals surface area contributed by atoms with Crippen molar-refractivity contribution in [2.75, 3.05) is 7.11 Å². The summed E-state index contributed by atoms with van der Waals surface area (Å²) < 4.78 is 4.76. The number of nitrogens with one attached hydrogen (secondary N) is 1. The van der Waals surface area contributed by atoms with Crippen LogP contribution in [0.3, 0.4) is 0 Å². The summed E-state index contributed by atoms with van der Waals surface area (Å²) >= 11 is 0. The Balaban J connectivity index is 2.28. The number of esters is 1. The summed E-state index contributed by atoms with van der Waals surface area (Å²) in [6.45, 7) is 1.78. The molecule has 0 bridgehead atoms. The van der Waals surface area contributed by atoms with E-state index in [-0.39, 0.29) is 12.0 Å². The molecule has 0 spiro atoms. The Morgan fingerprint density at radius 1 is 1.15 bits per heavy atom. The van der Waals surface area contributed by atoms with E-state index in [1.807, 2.05) is 48.5 Å². The second kappa shape index (κ2) is 6.82. The van der Waals surface area contributed by atoms with E-state index in [9.17, 15) is 4.79 Å². The summed E-state index contributed by atoms with van der Waals surface area (Å²) in [6, 6.07) is 15.1. The van der Waals surface area contributed by atoms with Gasteiger partial charge in [-0.3, -0.25) is 15.1 Å². The van der Waals surface area contributed by atoms with E-state index in [1.54, 1.807) is 13.1 Å². The van der Waals surface area contributed by atoms with Crippen molar-refractivity contribution in [3.8, 4) is 0 Å². The van der Waals surface area contributed by atoms with E-state index >= 15 is 0 Å². The first-order valence-corrected chi connectivity index (χ1v) is 6.52. The van der Waals surface area contributed by atoms with Gasteiger partial charge in [-0.05, 0) is 24.6 Å². The number of methoxy groups -OCH3 is 1. The van der Waals surface area contributed by atoms with E-state index in [0.717, 1.165) is 11.3 Å². The third-order valence-corrected chi connectivity index (χ3v) is 3.09. The molecule has 104 valence electrons. The molecule has 0 radical (unpaired) electrons. The molecule has 1 N–H and O–H groups in total. The second-order valence-electron chi connectivity index (χ2n) is 4.51. The van der Waals surface area contributed by atoms with Crippen LogP contribution in [0.2, 0.25) is 0 Å². The Hall–Kier alpha value is -2.20. The molecule has 1 aromatic carbocycles. The summed E-state index contributed by atoms with van der Waals surface area (Å²) in [5, 5.41) is 3.26. The van der Waals surface area contributed by atoms with E-state index in [4.69, 9.17) is 4.74 Å². The Bertz CT molecular complexity index is 503. The maximum Gasteiger partial charge on any atom is 0.322 e. The first-order valence-electron chi connectivity index (χ1n) is 6.52. The molecular weight excluding hydrogens is 252 g/mol. The average Bonchev–Trinajstić information content (AvgIpc) is 2.53. The molecule has 1 unspecified atom stereocenters. The molecule has 2 atom stereocenters. The molecule has 0 aliphatic rings. The molecular formula is C16H18N2O2. The molecule has 2 aromatic rings. The summed E-state index contributed by atoms with van der Waals surface area (Å²) in [6.07, 6.45) is 1.75. The molecule has 0 fully saturated rings. The summed E-state index contributed by atoms with van der Waals surface area (Å²) in [5.41, 5.74) is 1.93. The summed E-state index contributed by atoms with van der Waals surface area (Å²) in [7, 11) is 1.39. The van der Waals surface area contributed by atoms with Gasteiger partial charge in [0.05, 0.1) is 18.8 Å². The molecule has 4 nitrogen and oxygen atoms in total. The zero-order valence-corrected chi connectivity index (χ0v) is 11.6. The van der Waals surface area contributed by atoms with Crippen molar-refractivity contribution in [3.63, 3.8) is 0 Å². The van der Waals surface area contributed by atoms with Crippen molar-refractivity contribution < 1.29 is 9.53 Å². The fourth-order valence-electron chi connectivity index (χ4n) is 2.04. The lowest BCUT2D eigenvalue weighted by Crippen LogP contribution is -2.38. The highest BCUT2D eigenvalue weighted by atomic mass is 16.5. The largest absolute Gasteiger partial charge is 0.468 e. The first-order chi connectivity index (χ1) is 9.72. The summed E-state index contributed by atoms with van der Waals surface area (Å²) in [5.74, 6) is -0.290. The normalized spacial score (nSPS) is 13.5. The lowest BCUT2D eigenvalue weighted by molar-refractivity contribution is -0.142. The molecule has 4 heteroatoms. The van der Waals surface area contributed by atoms with Gasteiger partial charge in [0.2, 0.25) is 0 Å². The van der Waals surface area contributed by atoms with Crippen molar-refractivity contribution in [1.82, 2.24) is 10.3 Å². The van der Waals surface area contributed by atoms with Gasteiger partial charge in [0, 0.05) is 6.20 Å². The minimum atomic E-state index is -0.410. The molecule has 0 amide bonds.